The van der Waals surface area contributed by atoms with E-state index in [0.717, 1.165) is 24.1 Å². The summed E-state index contributed by atoms with van der Waals surface area (Å²) in [5.41, 5.74) is 1.33. The molecule has 1 saturated heterocycles. The zero-order valence-electron chi connectivity index (χ0n) is 20.3. The van der Waals surface area contributed by atoms with E-state index in [1.807, 2.05) is 48.5 Å². The average molecular weight is 439 g/mol. The molecule has 1 fully saturated rings. The van der Waals surface area contributed by atoms with Gasteiger partial charge in [0.05, 0.1) is 0 Å². The summed E-state index contributed by atoms with van der Waals surface area (Å²) >= 11 is 0. The Bertz CT molecular complexity index is 875. The summed E-state index contributed by atoms with van der Waals surface area (Å²) in [5, 5.41) is 5.08. The van der Waals surface area contributed by atoms with E-state index in [1.165, 1.54) is 0 Å². The van der Waals surface area contributed by atoms with Crippen LogP contribution >= 0.6 is 0 Å². The van der Waals surface area contributed by atoms with Crippen molar-refractivity contribution in [1.29, 1.82) is 0 Å². The lowest BCUT2D eigenvalue weighted by Crippen LogP contribution is -2.68. The highest BCUT2D eigenvalue weighted by Gasteiger charge is 2.55. The minimum Gasteiger partial charge on any atom is -0.446 e. The van der Waals surface area contributed by atoms with Crippen LogP contribution in [-0.4, -0.2) is 28.3 Å². The van der Waals surface area contributed by atoms with E-state index in [4.69, 9.17) is 9.57 Å². The van der Waals surface area contributed by atoms with Gasteiger partial charge >= 0.3 is 6.09 Å². The van der Waals surface area contributed by atoms with Crippen molar-refractivity contribution in [2.75, 3.05) is 5.32 Å². The molecular weight excluding hydrogens is 400 g/mol. The van der Waals surface area contributed by atoms with Gasteiger partial charge in [0.15, 0.2) is 0 Å². The molecule has 1 aliphatic heterocycles. The Kier molecular flexibility index (Phi) is 7.63. The Hall–Kier alpha value is -2.37. The summed E-state index contributed by atoms with van der Waals surface area (Å²) in [5.74, 6) is 0.0941. The Labute approximate surface area is 193 Å². The molecular formula is C27H38N2O3. The quantitative estimate of drug-likeness (QED) is 0.507. The minimum absolute atomic E-state index is 0.0704. The number of hydroxylamine groups is 2. The summed E-state index contributed by atoms with van der Waals surface area (Å²) < 4.78 is 6.01. The van der Waals surface area contributed by atoms with Crippen molar-refractivity contribution < 1.29 is 14.4 Å². The second kappa shape index (κ2) is 10.1. The fourth-order valence-corrected chi connectivity index (χ4v) is 4.79. The van der Waals surface area contributed by atoms with Gasteiger partial charge in [-0.3, -0.25) is 10.2 Å². The number of benzene rings is 2. The smallest absolute Gasteiger partial charge is 0.411 e. The zero-order chi connectivity index (χ0) is 23.4. The molecule has 0 aliphatic carbocycles. The van der Waals surface area contributed by atoms with Crippen LogP contribution in [0.5, 0.6) is 0 Å². The predicted octanol–water partition coefficient (Wildman–Crippen LogP) is 6.98. The van der Waals surface area contributed by atoms with Crippen LogP contribution in [0, 0.1) is 5.92 Å². The van der Waals surface area contributed by atoms with Crippen molar-refractivity contribution in [3.63, 3.8) is 0 Å². The van der Waals surface area contributed by atoms with Crippen LogP contribution in [0.15, 0.2) is 60.7 Å². The lowest BCUT2D eigenvalue weighted by molar-refractivity contribution is -0.335. The number of amides is 1. The minimum atomic E-state index is -0.406. The lowest BCUT2D eigenvalue weighted by atomic mass is 9.69. The van der Waals surface area contributed by atoms with Crippen LogP contribution in [-0.2, 0) is 9.57 Å². The predicted molar refractivity (Wildman–Crippen MR) is 129 cm³/mol. The standard InChI is InChI=1S/C27H38N2O3/c1-7-26(5)19-24(31-25(30)28-23-17-13-10-14-18-23)20(3)27(6,8-2)29(26)32-21(4)22-15-11-9-12-16-22/h9-18,20-21,24H,7-8,19H2,1-6H3,(H,28,30). The number of carbonyl (C=O) groups is 1. The number of hydrogen-bond donors (Lipinski definition) is 1. The van der Waals surface area contributed by atoms with E-state index >= 15 is 0 Å². The Morgan fingerprint density at radius 1 is 1.06 bits per heavy atom. The van der Waals surface area contributed by atoms with E-state index in [2.05, 4.69) is 64.1 Å². The van der Waals surface area contributed by atoms with Crippen LogP contribution in [0.1, 0.15) is 72.5 Å². The van der Waals surface area contributed by atoms with Crippen molar-refractivity contribution in [3.8, 4) is 0 Å². The normalized spacial score (nSPS) is 29.3. The molecule has 174 valence electrons. The molecule has 32 heavy (non-hydrogen) atoms. The number of anilines is 1. The molecule has 3 rings (SSSR count). The molecule has 0 bridgehead atoms. The number of hydrogen-bond acceptors (Lipinski definition) is 4. The lowest BCUT2D eigenvalue weighted by Gasteiger charge is -2.59. The number of nitrogens with one attached hydrogen (secondary N) is 1. The zero-order valence-corrected chi connectivity index (χ0v) is 20.3. The molecule has 2 aromatic carbocycles. The third-order valence-corrected chi connectivity index (χ3v) is 7.42. The number of nitrogens with zero attached hydrogens (tertiary/aromatic N) is 1. The summed E-state index contributed by atoms with van der Waals surface area (Å²) in [4.78, 5) is 19.4. The number of ether oxygens (including phenoxy) is 1. The van der Waals surface area contributed by atoms with Crippen molar-refractivity contribution in [2.45, 2.75) is 84.1 Å². The maximum absolute atomic E-state index is 12.7. The fourth-order valence-electron chi connectivity index (χ4n) is 4.79. The van der Waals surface area contributed by atoms with Crippen LogP contribution in [0.25, 0.3) is 0 Å². The number of piperidine rings is 1. The van der Waals surface area contributed by atoms with Gasteiger partial charge in [-0.05, 0) is 51.3 Å². The SMILES string of the molecule is CCC1(C)CC(OC(=O)Nc2ccccc2)C(C)C(C)(CC)N1OC(C)c1ccccc1. The summed E-state index contributed by atoms with van der Waals surface area (Å²) in [6.45, 7) is 13.1. The average Bonchev–Trinajstić information content (AvgIpc) is 2.81. The number of carbonyl (C=O) groups excluding carboxylic acids is 1. The van der Waals surface area contributed by atoms with Gasteiger partial charge in [-0.25, -0.2) is 4.79 Å². The van der Waals surface area contributed by atoms with Gasteiger partial charge < -0.3 is 4.74 Å². The first kappa shape index (κ1) is 24.3. The van der Waals surface area contributed by atoms with E-state index in [0.29, 0.717) is 6.42 Å². The first-order chi connectivity index (χ1) is 15.2. The van der Waals surface area contributed by atoms with Crippen molar-refractivity contribution in [3.05, 3.63) is 66.2 Å². The van der Waals surface area contributed by atoms with E-state index < -0.39 is 6.09 Å². The molecule has 5 heteroatoms. The maximum Gasteiger partial charge on any atom is 0.411 e. The molecule has 2 aromatic rings. The Morgan fingerprint density at radius 2 is 1.66 bits per heavy atom. The highest BCUT2D eigenvalue weighted by Crippen LogP contribution is 2.48. The van der Waals surface area contributed by atoms with Crippen LogP contribution < -0.4 is 5.32 Å². The van der Waals surface area contributed by atoms with Gasteiger partial charge in [0.1, 0.15) is 12.2 Å². The second-order valence-electron chi connectivity index (χ2n) is 9.44. The molecule has 0 radical (unpaired) electrons. The fraction of sp³-hybridized carbons (Fsp3) is 0.519. The highest BCUT2D eigenvalue weighted by molar-refractivity contribution is 5.84. The second-order valence-corrected chi connectivity index (χ2v) is 9.44. The van der Waals surface area contributed by atoms with Gasteiger partial charge in [0.25, 0.3) is 0 Å². The van der Waals surface area contributed by atoms with Crippen LogP contribution in [0.3, 0.4) is 0 Å². The molecule has 0 aromatic heterocycles. The van der Waals surface area contributed by atoms with Crippen LogP contribution in [0.2, 0.25) is 0 Å². The van der Waals surface area contributed by atoms with Crippen LogP contribution in [0.4, 0.5) is 10.5 Å². The summed E-state index contributed by atoms with van der Waals surface area (Å²) in [6, 6.07) is 19.7. The van der Waals surface area contributed by atoms with Crippen molar-refractivity contribution in [1.82, 2.24) is 5.06 Å². The molecule has 5 nitrogen and oxygen atoms in total. The first-order valence-electron chi connectivity index (χ1n) is 11.8. The van der Waals surface area contributed by atoms with Gasteiger partial charge in [0.2, 0.25) is 0 Å². The number of rotatable bonds is 7. The van der Waals surface area contributed by atoms with Gasteiger partial charge in [-0.15, -0.1) is 0 Å². The Balaban J connectivity index is 1.81. The van der Waals surface area contributed by atoms with E-state index in [9.17, 15) is 4.79 Å². The van der Waals surface area contributed by atoms with Gasteiger partial charge in [0, 0.05) is 29.1 Å². The summed E-state index contributed by atoms with van der Waals surface area (Å²) in [6.07, 6.45) is 1.79. The molecule has 5 atom stereocenters. The molecule has 0 spiro atoms. The third-order valence-electron chi connectivity index (χ3n) is 7.42. The van der Waals surface area contributed by atoms with Gasteiger partial charge in [-0.2, -0.15) is 5.06 Å². The topological polar surface area (TPSA) is 50.8 Å². The van der Waals surface area contributed by atoms with Crippen molar-refractivity contribution >= 4 is 11.8 Å². The summed E-state index contributed by atoms with van der Waals surface area (Å²) in [7, 11) is 0. The largest absolute Gasteiger partial charge is 0.446 e. The van der Waals surface area contributed by atoms with E-state index in [-0.39, 0.29) is 29.2 Å². The maximum atomic E-state index is 12.7. The Morgan fingerprint density at radius 3 is 2.22 bits per heavy atom. The molecule has 5 unspecified atom stereocenters. The first-order valence-corrected chi connectivity index (χ1v) is 11.8. The van der Waals surface area contributed by atoms with Crippen molar-refractivity contribution in [2.24, 2.45) is 5.92 Å². The molecule has 1 heterocycles. The molecule has 0 saturated carbocycles. The molecule has 1 N–H and O–H groups in total. The molecule has 1 aliphatic rings. The van der Waals surface area contributed by atoms with Gasteiger partial charge in [-0.1, -0.05) is 69.3 Å². The monoisotopic (exact) mass is 438 g/mol. The molecule has 1 amide bonds. The van der Waals surface area contributed by atoms with E-state index in [1.54, 1.807) is 0 Å². The third kappa shape index (κ3) is 5.00. The number of para-hydroxylation sites is 1. The highest BCUT2D eigenvalue weighted by atomic mass is 16.7.